The molecule has 1 spiro atoms. The van der Waals surface area contributed by atoms with Crippen LogP contribution in [-0.2, 0) is 21.5 Å². The average Bonchev–Trinajstić information content (AvgIpc) is 3.15. The van der Waals surface area contributed by atoms with E-state index in [1.165, 1.54) is 4.90 Å². The van der Waals surface area contributed by atoms with Crippen molar-refractivity contribution in [2.45, 2.75) is 63.6 Å². The maximum Gasteiger partial charge on any atom is 0.240 e. The highest BCUT2D eigenvalue weighted by Gasteiger charge is 2.46. The highest BCUT2D eigenvalue weighted by molar-refractivity contribution is 5.87. The van der Waals surface area contributed by atoms with Gasteiger partial charge in [-0.25, -0.2) is 4.98 Å². The number of likely N-dealkylation sites (N-methyl/N-ethyl adjacent to an activating group) is 1. The third-order valence-corrected chi connectivity index (χ3v) is 4.99. The van der Waals surface area contributed by atoms with Gasteiger partial charge in [0.25, 0.3) is 0 Å². The maximum atomic E-state index is 12.8. The van der Waals surface area contributed by atoms with Crippen LogP contribution in [0.2, 0.25) is 0 Å². The van der Waals surface area contributed by atoms with E-state index in [1.54, 1.807) is 13.4 Å². The number of carbonyl (C=O) groups is 2. The van der Waals surface area contributed by atoms with Gasteiger partial charge in [0.15, 0.2) is 0 Å². The summed E-state index contributed by atoms with van der Waals surface area (Å²) in [4.78, 5) is 34.0. The molecule has 1 aliphatic heterocycles. The highest BCUT2D eigenvalue weighted by Crippen LogP contribution is 2.42. The van der Waals surface area contributed by atoms with E-state index < -0.39 is 0 Å². The predicted octanol–water partition coefficient (Wildman–Crippen LogP) is 0.676. The lowest BCUT2D eigenvalue weighted by molar-refractivity contribution is -0.137. The summed E-state index contributed by atoms with van der Waals surface area (Å²) >= 11 is 0. The van der Waals surface area contributed by atoms with Gasteiger partial charge < -0.3 is 15.2 Å². The summed E-state index contributed by atoms with van der Waals surface area (Å²) in [6, 6.07) is -0.240. The van der Waals surface area contributed by atoms with Gasteiger partial charge in [-0.05, 0) is 26.7 Å². The molecule has 1 fully saturated rings. The molecule has 7 heteroatoms. The topological polar surface area (TPSA) is 90.1 Å². The fraction of sp³-hybridized carbons (Fsp3) is 0.706. The first kappa shape index (κ1) is 17.0. The zero-order chi connectivity index (χ0) is 17.3. The third-order valence-electron chi connectivity index (χ3n) is 4.99. The van der Waals surface area contributed by atoms with Crippen molar-refractivity contribution in [2.24, 2.45) is 0 Å². The van der Waals surface area contributed by atoms with Crippen LogP contribution in [0.5, 0.6) is 0 Å². The molecule has 1 unspecified atom stereocenters. The van der Waals surface area contributed by atoms with Crippen molar-refractivity contribution in [3.05, 3.63) is 17.7 Å². The molecule has 0 saturated heterocycles. The molecule has 1 atom stereocenters. The summed E-state index contributed by atoms with van der Waals surface area (Å²) in [5.74, 6) is -0.171. The van der Waals surface area contributed by atoms with Crippen molar-refractivity contribution >= 4 is 11.8 Å². The van der Waals surface area contributed by atoms with Crippen molar-refractivity contribution in [1.82, 2.24) is 25.5 Å². The first-order chi connectivity index (χ1) is 11.4. The number of amides is 2. The van der Waals surface area contributed by atoms with Crippen LogP contribution in [0.3, 0.4) is 0 Å². The average molecular weight is 333 g/mol. The summed E-state index contributed by atoms with van der Waals surface area (Å²) in [5, 5.41) is 6.38. The SMILES string of the molecule is CC(C)NC(=O)CN(C)C(=O)C1Cc2[nH]cnc2C2(CCCC2)N1. The van der Waals surface area contributed by atoms with Crippen LogP contribution >= 0.6 is 0 Å². The lowest BCUT2D eigenvalue weighted by Gasteiger charge is -2.39. The standard InChI is InChI=1S/C17H27N5O2/c1-11(2)20-14(23)9-22(3)16(24)13-8-12-15(19-10-18-12)17(21-13)6-4-5-7-17/h10-11,13,21H,4-9H2,1-3H3,(H,18,19)(H,20,23). The minimum atomic E-state index is -0.312. The van der Waals surface area contributed by atoms with Gasteiger partial charge in [-0.2, -0.15) is 0 Å². The molecule has 1 aliphatic carbocycles. The van der Waals surface area contributed by atoms with E-state index in [1.807, 2.05) is 13.8 Å². The van der Waals surface area contributed by atoms with E-state index >= 15 is 0 Å². The Kier molecular flexibility index (Phi) is 4.62. The Labute approximate surface area is 142 Å². The summed E-state index contributed by atoms with van der Waals surface area (Å²) in [7, 11) is 1.69. The number of rotatable bonds is 4. The molecule has 24 heavy (non-hydrogen) atoms. The lowest BCUT2D eigenvalue weighted by atomic mass is 9.84. The minimum Gasteiger partial charge on any atom is -0.352 e. The zero-order valence-electron chi connectivity index (χ0n) is 14.7. The number of nitrogens with one attached hydrogen (secondary N) is 3. The largest absolute Gasteiger partial charge is 0.352 e. The molecule has 0 bridgehead atoms. The van der Waals surface area contributed by atoms with Crippen LogP contribution in [0.1, 0.15) is 50.9 Å². The molecule has 1 aromatic heterocycles. The third kappa shape index (κ3) is 3.17. The van der Waals surface area contributed by atoms with Gasteiger partial charge in [0, 0.05) is 25.2 Å². The summed E-state index contributed by atoms with van der Waals surface area (Å²) in [6.45, 7) is 3.90. The molecule has 1 aromatic rings. The van der Waals surface area contributed by atoms with Gasteiger partial charge in [0.2, 0.25) is 11.8 Å². The van der Waals surface area contributed by atoms with Crippen LogP contribution in [0, 0.1) is 0 Å². The Morgan fingerprint density at radius 3 is 2.79 bits per heavy atom. The summed E-state index contributed by atoms with van der Waals surface area (Å²) < 4.78 is 0. The second-order valence-electron chi connectivity index (χ2n) is 7.34. The molecule has 7 nitrogen and oxygen atoms in total. The molecular formula is C17H27N5O2. The molecular weight excluding hydrogens is 306 g/mol. The molecule has 2 heterocycles. The molecule has 132 valence electrons. The number of imidazole rings is 1. The second-order valence-corrected chi connectivity index (χ2v) is 7.34. The number of hydrogen-bond donors (Lipinski definition) is 3. The Hall–Kier alpha value is -1.89. The number of hydrogen-bond acceptors (Lipinski definition) is 4. The number of fused-ring (bicyclic) bond motifs is 2. The molecule has 2 aliphatic rings. The summed E-state index contributed by atoms with van der Waals surface area (Å²) in [6.07, 6.45) is 6.61. The first-order valence-corrected chi connectivity index (χ1v) is 8.76. The number of nitrogens with zero attached hydrogens (tertiary/aromatic N) is 2. The number of aromatic amines is 1. The fourth-order valence-electron chi connectivity index (χ4n) is 3.98. The highest BCUT2D eigenvalue weighted by atomic mass is 16.2. The number of carbonyl (C=O) groups excluding carboxylic acids is 2. The minimum absolute atomic E-state index is 0.0413. The molecule has 0 aromatic carbocycles. The van der Waals surface area contributed by atoms with Gasteiger partial charge in [0.1, 0.15) is 0 Å². The van der Waals surface area contributed by atoms with E-state index in [-0.39, 0.29) is 36.0 Å². The molecule has 1 saturated carbocycles. The van der Waals surface area contributed by atoms with E-state index in [0.717, 1.165) is 37.1 Å². The molecule has 3 N–H and O–H groups in total. The van der Waals surface area contributed by atoms with E-state index in [0.29, 0.717) is 6.42 Å². The Balaban J connectivity index is 1.71. The quantitative estimate of drug-likeness (QED) is 0.756. The normalized spacial score (nSPS) is 21.8. The van der Waals surface area contributed by atoms with E-state index in [9.17, 15) is 9.59 Å². The van der Waals surface area contributed by atoms with Crippen LogP contribution < -0.4 is 10.6 Å². The van der Waals surface area contributed by atoms with Crippen molar-refractivity contribution in [2.75, 3.05) is 13.6 Å². The van der Waals surface area contributed by atoms with Crippen LogP contribution in [0.25, 0.3) is 0 Å². The van der Waals surface area contributed by atoms with Gasteiger partial charge in [0.05, 0.1) is 30.1 Å². The number of H-pyrrole nitrogens is 1. The van der Waals surface area contributed by atoms with Gasteiger partial charge >= 0.3 is 0 Å². The van der Waals surface area contributed by atoms with E-state index in [2.05, 4.69) is 20.6 Å². The Morgan fingerprint density at radius 1 is 1.42 bits per heavy atom. The van der Waals surface area contributed by atoms with Crippen LogP contribution in [0.15, 0.2) is 6.33 Å². The predicted molar refractivity (Wildman–Crippen MR) is 90.3 cm³/mol. The smallest absolute Gasteiger partial charge is 0.240 e. The molecule has 0 radical (unpaired) electrons. The lowest BCUT2D eigenvalue weighted by Crippen LogP contribution is -2.58. The van der Waals surface area contributed by atoms with Gasteiger partial charge in [-0.3, -0.25) is 14.9 Å². The van der Waals surface area contributed by atoms with Crippen molar-refractivity contribution < 1.29 is 9.59 Å². The Bertz CT molecular complexity index is 618. The van der Waals surface area contributed by atoms with Crippen molar-refractivity contribution in [3.8, 4) is 0 Å². The fourth-order valence-corrected chi connectivity index (χ4v) is 3.98. The molecule has 3 rings (SSSR count). The maximum absolute atomic E-state index is 12.8. The van der Waals surface area contributed by atoms with Crippen molar-refractivity contribution in [1.29, 1.82) is 0 Å². The monoisotopic (exact) mass is 333 g/mol. The molecule has 2 amide bonds. The van der Waals surface area contributed by atoms with Gasteiger partial charge in [-0.1, -0.05) is 12.8 Å². The summed E-state index contributed by atoms with van der Waals surface area (Å²) in [5.41, 5.74) is 1.94. The number of aromatic nitrogens is 2. The first-order valence-electron chi connectivity index (χ1n) is 8.76. The van der Waals surface area contributed by atoms with Crippen LogP contribution in [-0.4, -0.2) is 52.4 Å². The van der Waals surface area contributed by atoms with E-state index in [4.69, 9.17) is 0 Å². The van der Waals surface area contributed by atoms with Crippen molar-refractivity contribution in [3.63, 3.8) is 0 Å². The zero-order valence-corrected chi connectivity index (χ0v) is 14.7. The Morgan fingerprint density at radius 2 is 2.12 bits per heavy atom. The van der Waals surface area contributed by atoms with Crippen LogP contribution in [0.4, 0.5) is 0 Å². The van der Waals surface area contributed by atoms with Gasteiger partial charge in [-0.15, -0.1) is 0 Å². The second kappa shape index (κ2) is 6.55.